The molecule has 1 amide bonds. The number of rotatable bonds is 6. The molecule has 118 valence electrons. The third-order valence-electron chi connectivity index (χ3n) is 3.13. The van der Waals surface area contributed by atoms with E-state index in [0.717, 1.165) is 17.0 Å². The van der Waals surface area contributed by atoms with Crippen LogP contribution in [0.1, 0.15) is 25.8 Å². The van der Waals surface area contributed by atoms with Crippen molar-refractivity contribution in [3.05, 3.63) is 28.8 Å². The lowest BCUT2D eigenvalue weighted by Crippen LogP contribution is -2.43. The lowest BCUT2D eigenvalue weighted by molar-refractivity contribution is -0.120. The van der Waals surface area contributed by atoms with Crippen LogP contribution in [-0.2, 0) is 14.8 Å². The lowest BCUT2D eigenvalue weighted by Gasteiger charge is -2.24. The molecule has 1 N–H and O–H groups in total. The standard InChI is InChI=1S/C14H21ClN2O3S/c1-5-11(3)16-14(18)9-17(21(4,19)20)13-7-6-12(15)8-10(13)2/h6-8,11H,5,9H2,1-4H3,(H,16,18)/t11-/m0/s1. The van der Waals surface area contributed by atoms with Crippen molar-refractivity contribution < 1.29 is 13.2 Å². The number of nitrogens with zero attached hydrogens (tertiary/aromatic N) is 1. The summed E-state index contributed by atoms with van der Waals surface area (Å²) in [5.74, 6) is -0.330. The third kappa shape index (κ3) is 5.21. The van der Waals surface area contributed by atoms with Crippen molar-refractivity contribution in [3.63, 3.8) is 0 Å². The summed E-state index contributed by atoms with van der Waals surface area (Å²) in [6, 6.07) is 4.89. The molecular formula is C14H21ClN2O3S. The largest absolute Gasteiger partial charge is 0.352 e. The highest BCUT2D eigenvalue weighted by atomic mass is 35.5. The number of carbonyl (C=O) groups is 1. The predicted octanol–water partition coefficient (Wildman–Crippen LogP) is 2.33. The number of aryl methyl sites for hydroxylation is 1. The summed E-state index contributed by atoms with van der Waals surface area (Å²) in [7, 11) is -3.56. The number of hydrogen-bond acceptors (Lipinski definition) is 3. The van der Waals surface area contributed by atoms with Crippen LogP contribution in [0.25, 0.3) is 0 Å². The van der Waals surface area contributed by atoms with Gasteiger partial charge in [0.05, 0.1) is 11.9 Å². The SMILES string of the molecule is CC[C@H](C)NC(=O)CN(c1ccc(Cl)cc1C)S(C)(=O)=O. The molecule has 5 nitrogen and oxygen atoms in total. The van der Waals surface area contributed by atoms with Gasteiger partial charge in [0.25, 0.3) is 0 Å². The van der Waals surface area contributed by atoms with E-state index in [4.69, 9.17) is 11.6 Å². The van der Waals surface area contributed by atoms with Crippen molar-refractivity contribution in [2.24, 2.45) is 0 Å². The molecule has 0 saturated heterocycles. The zero-order chi connectivity index (χ0) is 16.2. The second kappa shape index (κ2) is 7.13. The molecule has 0 bridgehead atoms. The Labute approximate surface area is 131 Å². The number of anilines is 1. The number of sulfonamides is 1. The van der Waals surface area contributed by atoms with Gasteiger partial charge in [0.15, 0.2) is 0 Å². The number of amides is 1. The summed E-state index contributed by atoms with van der Waals surface area (Å²) in [6.07, 6.45) is 1.86. The molecule has 1 aromatic carbocycles. The fourth-order valence-electron chi connectivity index (χ4n) is 1.83. The van der Waals surface area contributed by atoms with E-state index in [0.29, 0.717) is 16.3 Å². The molecule has 0 heterocycles. The highest BCUT2D eigenvalue weighted by Crippen LogP contribution is 2.25. The zero-order valence-electron chi connectivity index (χ0n) is 12.7. The first-order chi connectivity index (χ1) is 9.65. The van der Waals surface area contributed by atoms with Crippen molar-refractivity contribution in [1.29, 1.82) is 0 Å². The van der Waals surface area contributed by atoms with Gasteiger partial charge in [0.2, 0.25) is 15.9 Å². The van der Waals surface area contributed by atoms with Crippen LogP contribution >= 0.6 is 11.6 Å². The first-order valence-electron chi connectivity index (χ1n) is 6.68. The normalized spacial score (nSPS) is 12.8. The van der Waals surface area contributed by atoms with Crippen molar-refractivity contribution in [1.82, 2.24) is 5.32 Å². The van der Waals surface area contributed by atoms with Gasteiger partial charge in [0, 0.05) is 11.1 Å². The zero-order valence-corrected chi connectivity index (χ0v) is 14.3. The fourth-order valence-corrected chi connectivity index (χ4v) is 2.97. The molecule has 1 aromatic rings. The van der Waals surface area contributed by atoms with E-state index in [1.54, 1.807) is 25.1 Å². The maximum atomic E-state index is 12.0. The number of halogens is 1. The Balaban J connectivity index is 3.05. The molecule has 0 aliphatic rings. The molecule has 7 heteroatoms. The summed E-state index contributed by atoms with van der Waals surface area (Å²) in [5.41, 5.74) is 1.16. The molecule has 0 aromatic heterocycles. The van der Waals surface area contributed by atoms with Crippen LogP contribution in [0, 0.1) is 6.92 Å². The Bertz CT molecular complexity index is 617. The molecule has 21 heavy (non-hydrogen) atoms. The van der Waals surface area contributed by atoms with Crippen molar-refractivity contribution in [3.8, 4) is 0 Å². The van der Waals surface area contributed by atoms with Gasteiger partial charge in [-0.15, -0.1) is 0 Å². The number of benzene rings is 1. The van der Waals surface area contributed by atoms with E-state index in [9.17, 15) is 13.2 Å². The van der Waals surface area contributed by atoms with Gasteiger partial charge in [-0.3, -0.25) is 9.10 Å². The number of hydrogen-bond donors (Lipinski definition) is 1. The average Bonchev–Trinajstić information content (AvgIpc) is 2.35. The van der Waals surface area contributed by atoms with E-state index < -0.39 is 10.0 Å². The second-order valence-electron chi connectivity index (χ2n) is 5.08. The maximum Gasteiger partial charge on any atom is 0.240 e. The summed E-state index contributed by atoms with van der Waals surface area (Å²) >= 11 is 5.88. The van der Waals surface area contributed by atoms with Crippen molar-refractivity contribution in [2.45, 2.75) is 33.2 Å². The van der Waals surface area contributed by atoms with Gasteiger partial charge in [0.1, 0.15) is 6.54 Å². The second-order valence-corrected chi connectivity index (χ2v) is 7.42. The highest BCUT2D eigenvalue weighted by Gasteiger charge is 2.22. The van der Waals surface area contributed by atoms with E-state index in [1.165, 1.54) is 0 Å². The van der Waals surface area contributed by atoms with Crippen LogP contribution in [0.4, 0.5) is 5.69 Å². The molecule has 0 saturated carbocycles. The highest BCUT2D eigenvalue weighted by molar-refractivity contribution is 7.92. The van der Waals surface area contributed by atoms with E-state index >= 15 is 0 Å². The maximum absolute atomic E-state index is 12.0. The summed E-state index contributed by atoms with van der Waals surface area (Å²) in [4.78, 5) is 12.0. The molecule has 0 fully saturated rings. The third-order valence-corrected chi connectivity index (χ3v) is 4.50. The summed E-state index contributed by atoms with van der Waals surface area (Å²) in [6.45, 7) is 5.33. The van der Waals surface area contributed by atoms with Crippen LogP contribution in [0.15, 0.2) is 18.2 Å². The van der Waals surface area contributed by atoms with Crippen LogP contribution in [0.2, 0.25) is 5.02 Å². The molecule has 0 aliphatic carbocycles. The van der Waals surface area contributed by atoms with Crippen LogP contribution in [0.3, 0.4) is 0 Å². The Morgan fingerprint density at radius 3 is 2.52 bits per heavy atom. The van der Waals surface area contributed by atoms with Gasteiger partial charge in [-0.05, 0) is 44.0 Å². The van der Waals surface area contributed by atoms with Gasteiger partial charge in [-0.2, -0.15) is 0 Å². The molecule has 0 unspecified atom stereocenters. The minimum absolute atomic E-state index is 0.00484. The molecule has 0 aliphatic heterocycles. The number of carbonyl (C=O) groups excluding carboxylic acids is 1. The lowest BCUT2D eigenvalue weighted by atomic mass is 10.2. The summed E-state index contributed by atoms with van der Waals surface area (Å²) in [5, 5.41) is 3.28. The van der Waals surface area contributed by atoms with Crippen LogP contribution in [0.5, 0.6) is 0 Å². The topological polar surface area (TPSA) is 66.5 Å². The molecule has 1 rings (SSSR count). The molecule has 0 radical (unpaired) electrons. The van der Waals surface area contributed by atoms with Crippen LogP contribution in [-0.4, -0.2) is 33.2 Å². The average molecular weight is 333 g/mol. The quantitative estimate of drug-likeness (QED) is 0.869. The smallest absolute Gasteiger partial charge is 0.240 e. The minimum Gasteiger partial charge on any atom is -0.352 e. The fraction of sp³-hybridized carbons (Fsp3) is 0.500. The predicted molar refractivity (Wildman–Crippen MR) is 86.3 cm³/mol. The van der Waals surface area contributed by atoms with E-state index in [1.807, 2.05) is 13.8 Å². The minimum atomic E-state index is -3.56. The van der Waals surface area contributed by atoms with Crippen molar-refractivity contribution in [2.75, 3.05) is 17.1 Å². The Morgan fingerprint density at radius 2 is 2.05 bits per heavy atom. The van der Waals surface area contributed by atoms with Gasteiger partial charge in [-0.1, -0.05) is 18.5 Å². The Kier molecular flexibility index (Phi) is 6.04. The first kappa shape index (κ1) is 17.8. The van der Waals surface area contributed by atoms with Gasteiger partial charge < -0.3 is 5.32 Å². The van der Waals surface area contributed by atoms with Crippen molar-refractivity contribution >= 4 is 33.2 Å². The molecular weight excluding hydrogens is 312 g/mol. The summed E-state index contributed by atoms with van der Waals surface area (Å²) < 4.78 is 25.0. The monoisotopic (exact) mass is 332 g/mol. The van der Waals surface area contributed by atoms with E-state index in [2.05, 4.69) is 5.32 Å². The van der Waals surface area contributed by atoms with Crippen LogP contribution < -0.4 is 9.62 Å². The first-order valence-corrected chi connectivity index (χ1v) is 8.91. The van der Waals surface area contributed by atoms with Gasteiger partial charge >= 0.3 is 0 Å². The van der Waals surface area contributed by atoms with Gasteiger partial charge in [-0.25, -0.2) is 8.42 Å². The van der Waals surface area contributed by atoms with E-state index in [-0.39, 0.29) is 18.5 Å². The Hall–Kier alpha value is -1.27. The molecule has 1 atom stereocenters. The molecule has 0 spiro atoms. The number of nitrogens with one attached hydrogen (secondary N) is 1. The Morgan fingerprint density at radius 1 is 1.43 bits per heavy atom.